The highest BCUT2D eigenvalue weighted by Crippen LogP contribution is 2.20. The van der Waals surface area contributed by atoms with Crippen molar-refractivity contribution in [2.24, 2.45) is 0 Å². The summed E-state index contributed by atoms with van der Waals surface area (Å²) in [6, 6.07) is 11.5. The Labute approximate surface area is 169 Å². The number of pyridine rings is 1. The van der Waals surface area contributed by atoms with Gasteiger partial charge in [-0.2, -0.15) is 5.10 Å². The monoisotopic (exact) mass is 395 g/mol. The van der Waals surface area contributed by atoms with Crippen molar-refractivity contribution >= 4 is 29.0 Å². The van der Waals surface area contributed by atoms with Gasteiger partial charge < -0.3 is 10.2 Å². The Morgan fingerprint density at radius 1 is 1.07 bits per heavy atom. The van der Waals surface area contributed by atoms with E-state index in [2.05, 4.69) is 20.3 Å². The Bertz CT molecular complexity index is 947. The third-order valence-corrected chi connectivity index (χ3v) is 5.24. The predicted molar refractivity (Wildman–Crippen MR) is 111 cm³/mol. The molecule has 6 nitrogen and oxygen atoms in total. The Balaban J connectivity index is 1.38. The first-order chi connectivity index (χ1) is 13.7. The van der Waals surface area contributed by atoms with Gasteiger partial charge in [-0.25, -0.2) is 4.98 Å². The van der Waals surface area contributed by atoms with Crippen LogP contribution in [0.5, 0.6) is 0 Å². The number of amides is 1. The number of anilines is 2. The lowest BCUT2D eigenvalue weighted by Gasteiger charge is -2.27. The van der Waals surface area contributed by atoms with Gasteiger partial charge in [-0.05, 0) is 43.0 Å². The fourth-order valence-electron chi connectivity index (χ4n) is 3.34. The SMILES string of the molecule is O=C(Nc1ccc(N2CCCCC2)nc1)c1cnn(Cc2ccccc2Cl)c1. The van der Waals surface area contributed by atoms with E-state index in [0.717, 1.165) is 24.5 Å². The molecule has 0 unspecified atom stereocenters. The van der Waals surface area contributed by atoms with Gasteiger partial charge in [0.2, 0.25) is 0 Å². The number of hydrogen-bond acceptors (Lipinski definition) is 4. The van der Waals surface area contributed by atoms with Crippen LogP contribution < -0.4 is 10.2 Å². The van der Waals surface area contributed by atoms with Gasteiger partial charge >= 0.3 is 0 Å². The number of nitrogens with zero attached hydrogens (tertiary/aromatic N) is 4. The zero-order valence-electron chi connectivity index (χ0n) is 15.5. The normalized spacial score (nSPS) is 14.1. The molecule has 1 aliphatic heterocycles. The highest BCUT2D eigenvalue weighted by Gasteiger charge is 2.13. The number of aromatic nitrogens is 3. The summed E-state index contributed by atoms with van der Waals surface area (Å²) in [6.07, 6.45) is 8.68. The summed E-state index contributed by atoms with van der Waals surface area (Å²) in [5.74, 6) is 0.753. The number of rotatable bonds is 5. The third kappa shape index (κ3) is 4.34. The Hall–Kier alpha value is -2.86. The lowest BCUT2D eigenvalue weighted by Crippen LogP contribution is -2.30. The first-order valence-corrected chi connectivity index (χ1v) is 9.85. The Kier molecular flexibility index (Phi) is 5.58. The number of nitrogens with one attached hydrogen (secondary N) is 1. The predicted octanol–water partition coefficient (Wildman–Crippen LogP) is 4.22. The topological polar surface area (TPSA) is 63.1 Å². The smallest absolute Gasteiger partial charge is 0.258 e. The molecule has 1 aromatic carbocycles. The summed E-state index contributed by atoms with van der Waals surface area (Å²) in [4.78, 5) is 19.3. The van der Waals surface area contributed by atoms with Crippen LogP contribution in [0.3, 0.4) is 0 Å². The molecule has 1 saturated heterocycles. The summed E-state index contributed by atoms with van der Waals surface area (Å²) >= 11 is 6.19. The van der Waals surface area contributed by atoms with Crippen LogP contribution in [-0.4, -0.2) is 33.8 Å². The van der Waals surface area contributed by atoms with Crippen LogP contribution in [0.15, 0.2) is 55.0 Å². The molecule has 0 spiro atoms. The van der Waals surface area contributed by atoms with Crippen LogP contribution in [0.25, 0.3) is 0 Å². The fraction of sp³-hybridized carbons (Fsp3) is 0.286. The highest BCUT2D eigenvalue weighted by molar-refractivity contribution is 6.31. The Morgan fingerprint density at radius 2 is 1.89 bits per heavy atom. The molecule has 0 radical (unpaired) electrons. The standard InChI is InChI=1S/C21H22ClN5O/c22-19-7-3-2-6-16(19)14-27-15-17(12-24-27)21(28)25-18-8-9-20(23-13-18)26-10-4-1-5-11-26/h2-3,6-9,12-13,15H,1,4-5,10-11,14H2,(H,25,28). The molecule has 1 aliphatic rings. The maximum absolute atomic E-state index is 12.5. The van der Waals surface area contributed by atoms with Crippen molar-refractivity contribution in [1.82, 2.24) is 14.8 Å². The molecule has 3 aromatic rings. The van der Waals surface area contributed by atoms with E-state index in [1.165, 1.54) is 19.3 Å². The average molecular weight is 396 g/mol. The summed E-state index contributed by atoms with van der Waals surface area (Å²) < 4.78 is 1.70. The summed E-state index contributed by atoms with van der Waals surface area (Å²) in [6.45, 7) is 2.60. The minimum atomic E-state index is -0.210. The summed E-state index contributed by atoms with van der Waals surface area (Å²) in [5.41, 5.74) is 2.12. The quantitative estimate of drug-likeness (QED) is 0.702. The van der Waals surface area contributed by atoms with Crippen molar-refractivity contribution < 1.29 is 4.79 Å². The Morgan fingerprint density at radius 3 is 2.64 bits per heavy atom. The van der Waals surface area contributed by atoms with E-state index >= 15 is 0 Å². The lowest BCUT2D eigenvalue weighted by atomic mass is 10.1. The summed E-state index contributed by atoms with van der Waals surface area (Å²) in [7, 11) is 0. The molecule has 0 atom stereocenters. The van der Waals surface area contributed by atoms with Crippen molar-refractivity contribution in [3.8, 4) is 0 Å². The van der Waals surface area contributed by atoms with Crippen LogP contribution >= 0.6 is 11.6 Å². The van der Waals surface area contributed by atoms with Crippen molar-refractivity contribution in [2.45, 2.75) is 25.8 Å². The molecule has 1 N–H and O–H groups in total. The minimum absolute atomic E-state index is 0.210. The van der Waals surface area contributed by atoms with Crippen LogP contribution in [0.1, 0.15) is 35.2 Å². The van der Waals surface area contributed by atoms with Crippen molar-refractivity contribution in [2.75, 3.05) is 23.3 Å². The van der Waals surface area contributed by atoms with Gasteiger partial charge in [-0.1, -0.05) is 29.8 Å². The molecule has 2 aromatic heterocycles. The van der Waals surface area contributed by atoms with E-state index in [-0.39, 0.29) is 5.91 Å². The van der Waals surface area contributed by atoms with Crippen LogP contribution in [0, 0.1) is 0 Å². The lowest BCUT2D eigenvalue weighted by molar-refractivity contribution is 0.102. The van der Waals surface area contributed by atoms with Gasteiger partial charge in [0.15, 0.2) is 0 Å². The average Bonchev–Trinajstić information content (AvgIpc) is 3.20. The maximum Gasteiger partial charge on any atom is 0.258 e. The van der Waals surface area contributed by atoms with E-state index in [4.69, 9.17) is 11.6 Å². The van der Waals surface area contributed by atoms with E-state index in [9.17, 15) is 4.79 Å². The second-order valence-corrected chi connectivity index (χ2v) is 7.33. The van der Waals surface area contributed by atoms with E-state index < -0.39 is 0 Å². The molecule has 144 valence electrons. The number of carbonyl (C=O) groups is 1. The van der Waals surface area contributed by atoms with Crippen LogP contribution in [0.4, 0.5) is 11.5 Å². The molecule has 0 bridgehead atoms. The first kappa shape index (κ1) is 18.5. The second-order valence-electron chi connectivity index (χ2n) is 6.92. The second kappa shape index (κ2) is 8.44. The van der Waals surface area contributed by atoms with Gasteiger partial charge in [-0.15, -0.1) is 0 Å². The molecular weight excluding hydrogens is 374 g/mol. The van der Waals surface area contributed by atoms with Crippen molar-refractivity contribution in [3.05, 3.63) is 71.1 Å². The molecule has 0 saturated carbocycles. The molecule has 3 heterocycles. The molecular formula is C21H22ClN5O. The molecule has 1 amide bonds. The maximum atomic E-state index is 12.5. The highest BCUT2D eigenvalue weighted by atomic mass is 35.5. The van der Waals surface area contributed by atoms with Gasteiger partial charge in [-0.3, -0.25) is 9.48 Å². The number of hydrogen-bond donors (Lipinski definition) is 1. The van der Waals surface area contributed by atoms with Gasteiger partial charge in [0.1, 0.15) is 5.82 Å². The van der Waals surface area contributed by atoms with E-state index in [0.29, 0.717) is 22.8 Å². The van der Waals surface area contributed by atoms with Gasteiger partial charge in [0.25, 0.3) is 5.91 Å². The zero-order chi connectivity index (χ0) is 19.3. The fourth-order valence-corrected chi connectivity index (χ4v) is 3.54. The van der Waals surface area contributed by atoms with Gasteiger partial charge in [0, 0.05) is 24.3 Å². The largest absolute Gasteiger partial charge is 0.357 e. The number of halogens is 1. The number of benzene rings is 1. The zero-order valence-corrected chi connectivity index (χ0v) is 16.3. The molecule has 1 fully saturated rings. The minimum Gasteiger partial charge on any atom is -0.357 e. The van der Waals surface area contributed by atoms with Crippen molar-refractivity contribution in [1.29, 1.82) is 0 Å². The first-order valence-electron chi connectivity index (χ1n) is 9.47. The molecule has 7 heteroatoms. The molecule has 28 heavy (non-hydrogen) atoms. The van der Waals surface area contributed by atoms with Crippen molar-refractivity contribution in [3.63, 3.8) is 0 Å². The van der Waals surface area contributed by atoms with E-state index in [1.807, 2.05) is 36.4 Å². The van der Waals surface area contributed by atoms with Gasteiger partial charge in [0.05, 0.1) is 30.2 Å². The third-order valence-electron chi connectivity index (χ3n) is 4.87. The summed E-state index contributed by atoms with van der Waals surface area (Å²) in [5, 5.41) is 7.83. The van der Waals surface area contributed by atoms with Crippen LogP contribution in [-0.2, 0) is 6.54 Å². The van der Waals surface area contributed by atoms with E-state index in [1.54, 1.807) is 23.3 Å². The molecule has 0 aliphatic carbocycles. The van der Waals surface area contributed by atoms with Crippen LogP contribution in [0.2, 0.25) is 5.02 Å². The number of piperidine rings is 1. The molecule has 4 rings (SSSR count). The number of carbonyl (C=O) groups excluding carboxylic acids is 1.